The molecule has 1 saturated heterocycles. The fourth-order valence-corrected chi connectivity index (χ4v) is 3.27. The van der Waals surface area contributed by atoms with Gasteiger partial charge < -0.3 is 10.0 Å². The largest absolute Gasteiger partial charge is 0.387 e. The first-order valence-electron chi connectivity index (χ1n) is 7.98. The average Bonchev–Trinajstić information content (AvgIpc) is 2.90. The smallest absolute Gasteiger partial charge is 0.223 e. The van der Waals surface area contributed by atoms with Gasteiger partial charge in [-0.2, -0.15) is 0 Å². The van der Waals surface area contributed by atoms with Gasteiger partial charge in [0.25, 0.3) is 0 Å². The van der Waals surface area contributed by atoms with Crippen LogP contribution in [0.1, 0.15) is 23.5 Å². The number of carbonyl (C=O) groups is 1. The molecule has 0 aromatic heterocycles. The Morgan fingerprint density at radius 3 is 2.50 bits per heavy atom. The summed E-state index contributed by atoms with van der Waals surface area (Å²) in [5.41, 5.74) is 1.85. The zero-order valence-electron chi connectivity index (χ0n) is 13.5. The summed E-state index contributed by atoms with van der Waals surface area (Å²) in [6.07, 6.45) is 3.02. The van der Waals surface area contributed by atoms with Crippen LogP contribution in [0.5, 0.6) is 0 Å². The van der Waals surface area contributed by atoms with Gasteiger partial charge in [0.15, 0.2) is 0 Å². The normalized spacial score (nSPS) is 22.3. The van der Waals surface area contributed by atoms with Crippen LogP contribution in [-0.2, 0) is 4.79 Å². The van der Waals surface area contributed by atoms with E-state index in [1.807, 2.05) is 30.3 Å². The molecule has 2 aromatic rings. The maximum Gasteiger partial charge on any atom is 0.223 e. The molecule has 0 unspecified atom stereocenters. The van der Waals surface area contributed by atoms with Crippen molar-refractivity contribution in [3.8, 4) is 0 Å². The molecule has 0 spiro atoms. The Labute approximate surface area is 141 Å². The number of aliphatic hydroxyl groups excluding tert-OH is 1. The fourth-order valence-electron chi connectivity index (χ4n) is 3.27. The SMILES string of the molecule is CN1C(=O)C[C@H](c2ccccc2)[C@@H]1[C@H](O)/C=C/c1ccc(F)cc1. The molecular formula is C20H20FNO2. The first kappa shape index (κ1) is 16.4. The minimum Gasteiger partial charge on any atom is -0.387 e. The van der Waals surface area contributed by atoms with Crippen LogP contribution in [0.2, 0.25) is 0 Å². The summed E-state index contributed by atoms with van der Waals surface area (Å²) in [6.45, 7) is 0. The van der Waals surface area contributed by atoms with E-state index in [0.717, 1.165) is 11.1 Å². The van der Waals surface area contributed by atoms with Crippen molar-refractivity contribution < 1.29 is 14.3 Å². The van der Waals surface area contributed by atoms with Crippen molar-refractivity contribution in [2.45, 2.75) is 24.5 Å². The molecule has 0 aliphatic carbocycles. The van der Waals surface area contributed by atoms with Gasteiger partial charge in [-0.25, -0.2) is 4.39 Å². The summed E-state index contributed by atoms with van der Waals surface area (Å²) in [7, 11) is 1.73. The summed E-state index contributed by atoms with van der Waals surface area (Å²) in [6, 6.07) is 15.5. The number of halogens is 1. The van der Waals surface area contributed by atoms with Crippen LogP contribution >= 0.6 is 0 Å². The Hall–Kier alpha value is -2.46. The van der Waals surface area contributed by atoms with E-state index >= 15 is 0 Å². The number of likely N-dealkylation sites (tertiary alicyclic amines) is 1. The Bertz CT molecular complexity index is 727. The van der Waals surface area contributed by atoms with Crippen molar-refractivity contribution in [2.24, 2.45) is 0 Å². The van der Waals surface area contributed by atoms with Crippen molar-refractivity contribution in [3.05, 3.63) is 77.6 Å². The molecule has 1 heterocycles. The maximum atomic E-state index is 12.9. The topological polar surface area (TPSA) is 40.5 Å². The van der Waals surface area contributed by atoms with Gasteiger partial charge in [-0.1, -0.05) is 54.6 Å². The molecule has 3 atom stereocenters. The molecule has 0 radical (unpaired) electrons. The van der Waals surface area contributed by atoms with Crippen LogP contribution < -0.4 is 0 Å². The third-order valence-electron chi connectivity index (χ3n) is 4.58. The second kappa shape index (κ2) is 6.97. The van der Waals surface area contributed by atoms with E-state index in [-0.39, 0.29) is 23.7 Å². The highest BCUT2D eigenvalue weighted by atomic mass is 19.1. The second-order valence-electron chi connectivity index (χ2n) is 6.12. The summed E-state index contributed by atoms with van der Waals surface area (Å²) in [5, 5.41) is 10.6. The number of rotatable bonds is 4. The first-order valence-corrected chi connectivity index (χ1v) is 7.98. The van der Waals surface area contributed by atoms with Crippen LogP contribution in [0.25, 0.3) is 6.08 Å². The Balaban J connectivity index is 1.81. The number of hydrogen-bond acceptors (Lipinski definition) is 2. The molecule has 0 bridgehead atoms. The molecule has 1 amide bonds. The number of nitrogens with zero attached hydrogens (tertiary/aromatic N) is 1. The van der Waals surface area contributed by atoms with Gasteiger partial charge in [-0.15, -0.1) is 0 Å². The van der Waals surface area contributed by atoms with Gasteiger partial charge in [0.05, 0.1) is 12.1 Å². The Kier molecular flexibility index (Phi) is 4.76. The van der Waals surface area contributed by atoms with E-state index in [4.69, 9.17) is 0 Å². The lowest BCUT2D eigenvalue weighted by Gasteiger charge is -2.28. The third-order valence-corrected chi connectivity index (χ3v) is 4.58. The number of likely N-dealkylation sites (N-methyl/N-ethyl adjacent to an activating group) is 1. The van der Waals surface area contributed by atoms with E-state index in [1.54, 1.807) is 36.2 Å². The molecule has 0 saturated carbocycles. The third kappa shape index (κ3) is 3.39. The standard InChI is InChI=1S/C20H20FNO2/c1-22-19(24)13-17(15-5-3-2-4-6-15)20(22)18(23)12-9-14-7-10-16(21)11-8-14/h2-12,17-18,20,23H,13H2,1H3/b12-9+/t17-,18-,20-/m1/s1. The van der Waals surface area contributed by atoms with Crippen molar-refractivity contribution in [1.82, 2.24) is 4.90 Å². The predicted molar refractivity (Wildman–Crippen MR) is 91.8 cm³/mol. The van der Waals surface area contributed by atoms with Gasteiger partial charge >= 0.3 is 0 Å². The highest BCUT2D eigenvalue weighted by Gasteiger charge is 2.41. The van der Waals surface area contributed by atoms with Crippen molar-refractivity contribution in [1.29, 1.82) is 0 Å². The molecule has 1 aliphatic heterocycles. The van der Waals surface area contributed by atoms with E-state index in [0.29, 0.717) is 6.42 Å². The van der Waals surface area contributed by atoms with Crippen molar-refractivity contribution in [2.75, 3.05) is 7.05 Å². The highest BCUT2D eigenvalue weighted by Crippen LogP contribution is 2.35. The molecule has 1 N–H and O–H groups in total. The molecule has 24 heavy (non-hydrogen) atoms. The number of benzene rings is 2. The van der Waals surface area contributed by atoms with Gasteiger partial charge in [0.2, 0.25) is 5.91 Å². The lowest BCUT2D eigenvalue weighted by molar-refractivity contribution is -0.128. The van der Waals surface area contributed by atoms with Gasteiger partial charge in [0, 0.05) is 19.4 Å². The van der Waals surface area contributed by atoms with E-state index in [1.165, 1.54) is 12.1 Å². The number of carbonyl (C=O) groups excluding carboxylic acids is 1. The maximum absolute atomic E-state index is 12.9. The summed E-state index contributed by atoms with van der Waals surface area (Å²) >= 11 is 0. The number of aliphatic hydroxyl groups is 1. The average molecular weight is 325 g/mol. The molecule has 2 aromatic carbocycles. The van der Waals surface area contributed by atoms with Gasteiger partial charge in [-0.05, 0) is 23.3 Å². The van der Waals surface area contributed by atoms with E-state index < -0.39 is 6.10 Å². The fraction of sp³-hybridized carbons (Fsp3) is 0.250. The Morgan fingerprint density at radius 1 is 1.17 bits per heavy atom. The summed E-state index contributed by atoms with van der Waals surface area (Å²) < 4.78 is 12.9. The molecule has 124 valence electrons. The zero-order valence-corrected chi connectivity index (χ0v) is 13.5. The van der Waals surface area contributed by atoms with Crippen LogP contribution in [0.15, 0.2) is 60.7 Å². The molecular weight excluding hydrogens is 305 g/mol. The second-order valence-corrected chi connectivity index (χ2v) is 6.12. The monoisotopic (exact) mass is 325 g/mol. The van der Waals surface area contributed by atoms with E-state index in [9.17, 15) is 14.3 Å². The van der Waals surface area contributed by atoms with Crippen molar-refractivity contribution >= 4 is 12.0 Å². The predicted octanol–water partition coefficient (Wildman–Crippen LogP) is 3.21. The Morgan fingerprint density at radius 2 is 1.83 bits per heavy atom. The van der Waals surface area contributed by atoms with Crippen LogP contribution in [-0.4, -0.2) is 35.1 Å². The minimum atomic E-state index is -0.795. The number of amides is 1. The minimum absolute atomic E-state index is 0.0306. The number of hydrogen-bond donors (Lipinski definition) is 1. The van der Waals surface area contributed by atoms with Crippen LogP contribution in [0.3, 0.4) is 0 Å². The molecule has 4 heteroatoms. The summed E-state index contributed by atoms with van der Waals surface area (Å²) in [4.78, 5) is 13.8. The van der Waals surface area contributed by atoms with Gasteiger partial charge in [0.1, 0.15) is 5.82 Å². The molecule has 1 aliphatic rings. The van der Waals surface area contributed by atoms with Crippen LogP contribution in [0, 0.1) is 5.82 Å². The molecule has 3 nitrogen and oxygen atoms in total. The van der Waals surface area contributed by atoms with E-state index in [2.05, 4.69) is 0 Å². The summed E-state index contributed by atoms with van der Waals surface area (Å²) in [5.74, 6) is -0.308. The lowest BCUT2D eigenvalue weighted by atomic mass is 9.88. The van der Waals surface area contributed by atoms with Gasteiger partial charge in [-0.3, -0.25) is 4.79 Å². The van der Waals surface area contributed by atoms with Crippen LogP contribution in [0.4, 0.5) is 4.39 Å². The molecule has 1 fully saturated rings. The lowest BCUT2D eigenvalue weighted by Crippen LogP contribution is -2.40. The zero-order chi connectivity index (χ0) is 17.1. The quantitative estimate of drug-likeness (QED) is 0.938. The highest BCUT2D eigenvalue weighted by molar-refractivity contribution is 5.80. The first-order chi connectivity index (χ1) is 11.6. The van der Waals surface area contributed by atoms with Crippen molar-refractivity contribution in [3.63, 3.8) is 0 Å². The molecule has 3 rings (SSSR count).